The van der Waals surface area contributed by atoms with Gasteiger partial charge in [-0.2, -0.15) is 0 Å². The first-order chi connectivity index (χ1) is 10.3. The van der Waals surface area contributed by atoms with E-state index < -0.39 is 5.97 Å². The van der Waals surface area contributed by atoms with Crippen LogP contribution in [0.5, 0.6) is 0 Å². The van der Waals surface area contributed by atoms with Gasteiger partial charge in [0.25, 0.3) is 0 Å². The minimum Gasteiger partial charge on any atom is -0.477 e. The van der Waals surface area contributed by atoms with Gasteiger partial charge in [0.15, 0.2) is 0 Å². The zero-order valence-corrected chi connectivity index (χ0v) is 12.4. The molecule has 0 spiro atoms. The third-order valence-corrected chi connectivity index (χ3v) is 4.83. The minimum atomic E-state index is -0.814. The fraction of sp³-hybridized carbons (Fsp3) is 0.167. The largest absolute Gasteiger partial charge is 0.477 e. The summed E-state index contributed by atoms with van der Waals surface area (Å²) in [4.78, 5) is 11.9. The maximum atomic E-state index is 11.4. The average Bonchev–Trinajstić information content (AvgIpc) is 2.88. The highest BCUT2D eigenvalue weighted by molar-refractivity contribution is 7.21. The molecule has 0 saturated carbocycles. The number of rotatable bonds is 5. The molecule has 0 radical (unpaired) electrons. The third kappa shape index (κ3) is 2.98. The Balaban J connectivity index is 1.82. The highest BCUT2D eigenvalue weighted by Crippen LogP contribution is 2.32. The second-order valence-corrected chi connectivity index (χ2v) is 6.10. The van der Waals surface area contributed by atoms with Crippen molar-refractivity contribution in [2.75, 3.05) is 0 Å². The van der Waals surface area contributed by atoms with E-state index in [-0.39, 0.29) is 0 Å². The Morgan fingerprint density at radius 1 is 0.952 bits per heavy atom. The number of benzene rings is 2. The Morgan fingerprint density at radius 3 is 2.43 bits per heavy atom. The smallest absolute Gasteiger partial charge is 0.346 e. The van der Waals surface area contributed by atoms with Crippen LogP contribution in [-0.4, -0.2) is 11.1 Å². The number of fused-ring (bicyclic) bond motifs is 1. The fourth-order valence-corrected chi connectivity index (χ4v) is 3.72. The number of thiophene rings is 1. The number of aromatic carboxylic acids is 1. The van der Waals surface area contributed by atoms with Crippen molar-refractivity contribution in [2.24, 2.45) is 0 Å². The molecule has 0 saturated heterocycles. The van der Waals surface area contributed by atoms with Crippen LogP contribution in [0, 0.1) is 0 Å². The fourth-order valence-electron chi connectivity index (χ4n) is 2.63. The molecule has 0 aliphatic carbocycles. The van der Waals surface area contributed by atoms with Gasteiger partial charge in [0.1, 0.15) is 4.88 Å². The lowest BCUT2D eigenvalue weighted by Gasteiger charge is -2.03. The molecular weight excluding hydrogens is 280 g/mol. The Hall–Kier alpha value is -2.13. The molecule has 2 nitrogen and oxygen atoms in total. The molecule has 0 aliphatic rings. The van der Waals surface area contributed by atoms with E-state index in [0.29, 0.717) is 4.88 Å². The van der Waals surface area contributed by atoms with E-state index in [1.165, 1.54) is 16.9 Å². The lowest BCUT2D eigenvalue weighted by Crippen LogP contribution is -1.99. The Morgan fingerprint density at radius 2 is 1.67 bits per heavy atom. The van der Waals surface area contributed by atoms with Gasteiger partial charge in [0.05, 0.1) is 0 Å². The number of hydrogen-bond acceptors (Lipinski definition) is 2. The van der Waals surface area contributed by atoms with E-state index in [1.54, 1.807) is 0 Å². The molecule has 3 heteroatoms. The van der Waals surface area contributed by atoms with Gasteiger partial charge in [-0.25, -0.2) is 4.79 Å². The maximum Gasteiger partial charge on any atom is 0.346 e. The van der Waals surface area contributed by atoms with Crippen LogP contribution in [-0.2, 0) is 12.8 Å². The predicted molar refractivity (Wildman–Crippen MR) is 87.3 cm³/mol. The summed E-state index contributed by atoms with van der Waals surface area (Å²) in [5, 5.41) is 10.5. The van der Waals surface area contributed by atoms with Gasteiger partial charge in [-0.1, -0.05) is 48.5 Å². The van der Waals surface area contributed by atoms with Gasteiger partial charge < -0.3 is 5.11 Å². The molecule has 1 N–H and O–H groups in total. The van der Waals surface area contributed by atoms with Gasteiger partial charge in [-0.15, -0.1) is 11.3 Å². The van der Waals surface area contributed by atoms with Crippen molar-refractivity contribution in [2.45, 2.75) is 19.3 Å². The van der Waals surface area contributed by atoms with E-state index in [9.17, 15) is 9.90 Å². The first-order valence-electron chi connectivity index (χ1n) is 7.03. The van der Waals surface area contributed by atoms with Crippen molar-refractivity contribution >= 4 is 27.4 Å². The summed E-state index contributed by atoms with van der Waals surface area (Å²) < 4.78 is 1.06. The molecule has 106 valence electrons. The lowest BCUT2D eigenvalue weighted by atomic mass is 10.0. The molecule has 0 bridgehead atoms. The van der Waals surface area contributed by atoms with Crippen LogP contribution in [0.1, 0.15) is 27.2 Å². The molecule has 3 aromatic rings. The second-order valence-electron chi connectivity index (χ2n) is 5.05. The second kappa shape index (κ2) is 6.10. The molecule has 0 aliphatic heterocycles. The molecule has 0 amide bonds. The molecule has 1 aromatic heterocycles. The summed E-state index contributed by atoms with van der Waals surface area (Å²) in [7, 11) is 0. The van der Waals surface area contributed by atoms with Crippen molar-refractivity contribution in [3.8, 4) is 0 Å². The van der Waals surface area contributed by atoms with E-state index in [4.69, 9.17) is 0 Å². The summed E-state index contributed by atoms with van der Waals surface area (Å²) >= 11 is 1.38. The number of aryl methyl sites for hydroxylation is 2. The Bertz CT molecular complexity index is 759. The Kier molecular flexibility index (Phi) is 4.02. The standard InChI is InChI=1S/C18H16O2S/c19-18(20)17-15(14-10-4-5-12-16(14)21-17)11-6-9-13-7-2-1-3-8-13/h1-5,7-8,10,12H,6,9,11H2,(H,19,20). The molecule has 21 heavy (non-hydrogen) atoms. The summed E-state index contributed by atoms with van der Waals surface area (Å²) in [5.74, 6) is -0.814. The van der Waals surface area contributed by atoms with Gasteiger partial charge in [-0.05, 0) is 41.8 Å². The zero-order chi connectivity index (χ0) is 14.7. The summed E-state index contributed by atoms with van der Waals surface area (Å²) in [6.07, 6.45) is 2.75. The normalized spacial score (nSPS) is 10.9. The van der Waals surface area contributed by atoms with Crippen LogP contribution >= 0.6 is 11.3 Å². The zero-order valence-electron chi connectivity index (χ0n) is 11.6. The number of hydrogen-bond donors (Lipinski definition) is 1. The molecule has 0 unspecified atom stereocenters. The number of carboxylic acid groups (broad SMARTS) is 1. The average molecular weight is 296 g/mol. The molecular formula is C18H16O2S. The predicted octanol–water partition coefficient (Wildman–Crippen LogP) is 4.77. The van der Waals surface area contributed by atoms with Crippen molar-refractivity contribution in [3.63, 3.8) is 0 Å². The van der Waals surface area contributed by atoms with Crippen LogP contribution < -0.4 is 0 Å². The van der Waals surface area contributed by atoms with E-state index in [0.717, 1.165) is 34.9 Å². The third-order valence-electron chi connectivity index (χ3n) is 3.63. The SMILES string of the molecule is O=C(O)c1sc2ccccc2c1CCCc1ccccc1. The summed E-state index contributed by atoms with van der Waals surface area (Å²) in [5.41, 5.74) is 2.29. The van der Waals surface area contributed by atoms with Gasteiger partial charge in [0.2, 0.25) is 0 Å². The van der Waals surface area contributed by atoms with Crippen LogP contribution in [0.3, 0.4) is 0 Å². The van der Waals surface area contributed by atoms with Gasteiger partial charge >= 0.3 is 5.97 Å². The first kappa shape index (κ1) is 13.8. The minimum absolute atomic E-state index is 0.490. The number of carbonyl (C=O) groups is 1. The number of carboxylic acids is 1. The molecule has 2 aromatic carbocycles. The van der Waals surface area contributed by atoms with Crippen LogP contribution in [0.2, 0.25) is 0 Å². The molecule has 1 heterocycles. The lowest BCUT2D eigenvalue weighted by molar-refractivity contribution is 0.0701. The van der Waals surface area contributed by atoms with Crippen LogP contribution in [0.15, 0.2) is 54.6 Å². The van der Waals surface area contributed by atoms with Crippen LogP contribution in [0.25, 0.3) is 10.1 Å². The first-order valence-corrected chi connectivity index (χ1v) is 7.85. The summed E-state index contributed by atoms with van der Waals surface area (Å²) in [6, 6.07) is 18.3. The van der Waals surface area contributed by atoms with E-state index >= 15 is 0 Å². The molecule has 0 atom stereocenters. The molecule has 3 rings (SSSR count). The highest BCUT2D eigenvalue weighted by Gasteiger charge is 2.16. The highest BCUT2D eigenvalue weighted by atomic mass is 32.1. The van der Waals surface area contributed by atoms with Crippen LogP contribution in [0.4, 0.5) is 0 Å². The van der Waals surface area contributed by atoms with Crippen molar-refractivity contribution in [3.05, 3.63) is 70.6 Å². The van der Waals surface area contributed by atoms with Crippen molar-refractivity contribution in [1.29, 1.82) is 0 Å². The van der Waals surface area contributed by atoms with Crippen molar-refractivity contribution in [1.82, 2.24) is 0 Å². The summed E-state index contributed by atoms with van der Waals surface area (Å²) in [6.45, 7) is 0. The maximum absolute atomic E-state index is 11.4. The van der Waals surface area contributed by atoms with E-state index in [2.05, 4.69) is 12.1 Å². The monoisotopic (exact) mass is 296 g/mol. The Labute approximate surface area is 127 Å². The quantitative estimate of drug-likeness (QED) is 0.736. The molecule has 0 fully saturated rings. The van der Waals surface area contributed by atoms with Gasteiger partial charge in [0, 0.05) is 4.70 Å². The van der Waals surface area contributed by atoms with Gasteiger partial charge in [-0.3, -0.25) is 0 Å². The van der Waals surface area contributed by atoms with E-state index in [1.807, 2.05) is 42.5 Å². The van der Waals surface area contributed by atoms with Crippen molar-refractivity contribution < 1.29 is 9.90 Å². The topological polar surface area (TPSA) is 37.3 Å².